The van der Waals surface area contributed by atoms with Crippen LogP contribution in [0.3, 0.4) is 0 Å². The highest BCUT2D eigenvalue weighted by Gasteiger charge is 2.14. The van der Waals surface area contributed by atoms with Gasteiger partial charge in [0.05, 0.1) is 4.90 Å². The number of benzene rings is 2. The molecule has 0 bridgehead atoms. The number of hydrogen-bond acceptors (Lipinski definition) is 3. The van der Waals surface area contributed by atoms with E-state index in [9.17, 15) is 13.2 Å². The van der Waals surface area contributed by atoms with Crippen LogP contribution in [0.15, 0.2) is 53.4 Å². The van der Waals surface area contributed by atoms with Crippen molar-refractivity contribution in [2.75, 3.05) is 10.0 Å². The van der Waals surface area contributed by atoms with Crippen molar-refractivity contribution in [1.29, 1.82) is 0 Å². The topological polar surface area (TPSA) is 75.3 Å². The van der Waals surface area contributed by atoms with Crippen LogP contribution in [0, 0.1) is 0 Å². The third-order valence-corrected chi connectivity index (χ3v) is 5.23. The first-order valence-electron chi connectivity index (χ1n) is 7.82. The van der Waals surface area contributed by atoms with Crippen LogP contribution in [-0.4, -0.2) is 14.3 Å². The van der Waals surface area contributed by atoms with Crippen LogP contribution < -0.4 is 10.0 Å². The molecule has 1 atom stereocenters. The maximum atomic E-state index is 12.4. The highest BCUT2D eigenvalue weighted by molar-refractivity contribution is 7.92. The number of amides is 1. The van der Waals surface area contributed by atoms with Crippen molar-refractivity contribution in [3.63, 3.8) is 0 Å². The fraction of sp³-hybridized carbons (Fsp3) is 0.278. The quantitative estimate of drug-likeness (QED) is 0.831. The van der Waals surface area contributed by atoms with Gasteiger partial charge in [0.1, 0.15) is 0 Å². The van der Waals surface area contributed by atoms with Gasteiger partial charge in [0.25, 0.3) is 10.0 Å². The molecule has 0 aliphatic carbocycles. The van der Waals surface area contributed by atoms with E-state index in [1.165, 1.54) is 24.6 Å². The van der Waals surface area contributed by atoms with Crippen LogP contribution in [0.2, 0.25) is 0 Å². The Balaban J connectivity index is 2.14. The van der Waals surface area contributed by atoms with Gasteiger partial charge in [-0.15, -0.1) is 0 Å². The fourth-order valence-electron chi connectivity index (χ4n) is 2.25. The molecule has 0 saturated heterocycles. The molecule has 0 spiro atoms. The van der Waals surface area contributed by atoms with Crippen LogP contribution in [0.5, 0.6) is 0 Å². The highest BCUT2D eigenvalue weighted by atomic mass is 32.2. The van der Waals surface area contributed by atoms with Gasteiger partial charge in [-0.05, 0) is 54.3 Å². The van der Waals surface area contributed by atoms with Crippen molar-refractivity contribution >= 4 is 27.3 Å². The van der Waals surface area contributed by atoms with Gasteiger partial charge in [-0.1, -0.05) is 26.0 Å². The second-order valence-corrected chi connectivity index (χ2v) is 7.42. The van der Waals surface area contributed by atoms with Crippen molar-refractivity contribution in [2.24, 2.45) is 0 Å². The van der Waals surface area contributed by atoms with E-state index in [0.29, 0.717) is 17.3 Å². The summed E-state index contributed by atoms with van der Waals surface area (Å²) >= 11 is 0. The Hall–Kier alpha value is -2.34. The molecule has 2 N–H and O–H groups in total. The third kappa shape index (κ3) is 4.58. The monoisotopic (exact) mass is 346 g/mol. The first-order chi connectivity index (χ1) is 11.3. The Bertz CT molecular complexity index is 797. The fourth-order valence-corrected chi connectivity index (χ4v) is 3.31. The molecular formula is C18H22N2O3S. The lowest BCUT2D eigenvalue weighted by molar-refractivity contribution is -0.114. The van der Waals surface area contributed by atoms with E-state index >= 15 is 0 Å². The van der Waals surface area contributed by atoms with Crippen molar-refractivity contribution < 1.29 is 13.2 Å². The van der Waals surface area contributed by atoms with E-state index in [2.05, 4.69) is 23.9 Å². The second kappa shape index (κ2) is 7.49. The van der Waals surface area contributed by atoms with Crippen molar-refractivity contribution in [3.05, 3.63) is 54.1 Å². The summed E-state index contributed by atoms with van der Waals surface area (Å²) in [5, 5.41) is 2.60. The molecule has 0 saturated carbocycles. The van der Waals surface area contributed by atoms with E-state index in [0.717, 1.165) is 6.42 Å². The molecule has 2 aromatic rings. The Labute approximate surface area is 143 Å². The summed E-state index contributed by atoms with van der Waals surface area (Å²) in [5.74, 6) is 0.238. The summed E-state index contributed by atoms with van der Waals surface area (Å²) in [6.45, 7) is 5.65. The number of carbonyl (C=O) groups is 1. The SMILES string of the molecule is CC[C@H](C)c1ccc(NS(=O)(=O)c2ccc(NC(C)=O)cc2)cc1. The van der Waals surface area contributed by atoms with E-state index in [1.807, 2.05) is 12.1 Å². The number of anilines is 2. The lowest BCUT2D eigenvalue weighted by atomic mass is 9.99. The first kappa shape index (κ1) is 18.0. The lowest BCUT2D eigenvalue weighted by Gasteiger charge is -2.12. The number of sulfonamides is 1. The van der Waals surface area contributed by atoms with Crippen LogP contribution in [0.4, 0.5) is 11.4 Å². The Morgan fingerprint density at radius 1 is 1.00 bits per heavy atom. The minimum absolute atomic E-state index is 0.141. The molecule has 0 heterocycles. The van der Waals surface area contributed by atoms with Gasteiger partial charge < -0.3 is 5.32 Å². The predicted octanol–water partition coefficient (Wildman–Crippen LogP) is 3.96. The maximum Gasteiger partial charge on any atom is 0.261 e. The van der Waals surface area contributed by atoms with Crippen LogP contribution in [0.25, 0.3) is 0 Å². The van der Waals surface area contributed by atoms with Crippen LogP contribution >= 0.6 is 0 Å². The molecule has 5 nitrogen and oxygen atoms in total. The Kier molecular flexibility index (Phi) is 5.62. The molecule has 0 aliphatic rings. The molecule has 128 valence electrons. The lowest BCUT2D eigenvalue weighted by Crippen LogP contribution is -2.13. The third-order valence-electron chi connectivity index (χ3n) is 3.83. The molecule has 0 radical (unpaired) electrons. The standard InChI is InChI=1S/C18H22N2O3S/c1-4-13(2)15-5-7-17(8-6-15)20-24(22,23)18-11-9-16(10-12-18)19-14(3)21/h5-13,20H,4H2,1-3H3,(H,19,21)/t13-/m0/s1. The van der Waals surface area contributed by atoms with Gasteiger partial charge in [-0.3, -0.25) is 9.52 Å². The highest BCUT2D eigenvalue weighted by Crippen LogP contribution is 2.22. The molecule has 0 unspecified atom stereocenters. The number of rotatable bonds is 6. The summed E-state index contributed by atoms with van der Waals surface area (Å²) in [4.78, 5) is 11.1. The zero-order valence-corrected chi connectivity index (χ0v) is 14.9. The molecular weight excluding hydrogens is 324 g/mol. The largest absolute Gasteiger partial charge is 0.326 e. The zero-order valence-electron chi connectivity index (χ0n) is 14.0. The van der Waals surface area contributed by atoms with E-state index < -0.39 is 10.0 Å². The zero-order chi connectivity index (χ0) is 17.7. The van der Waals surface area contributed by atoms with Gasteiger partial charge in [-0.2, -0.15) is 0 Å². The van der Waals surface area contributed by atoms with Gasteiger partial charge in [-0.25, -0.2) is 8.42 Å². The van der Waals surface area contributed by atoms with Crippen LogP contribution in [0.1, 0.15) is 38.7 Å². The second-order valence-electron chi connectivity index (χ2n) is 5.74. The average molecular weight is 346 g/mol. The number of carbonyl (C=O) groups excluding carboxylic acids is 1. The Morgan fingerprint density at radius 2 is 1.54 bits per heavy atom. The van der Waals surface area contributed by atoms with E-state index in [1.54, 1.807) is 24.3 Å². The summed E-state index contributed by atoms with van der Waals surface area (Å²) in [7, 11) is -3.66. The van der Waals surface area contributed by atoms with Gasteiger partial charge >= 0.3 is 0 Å². The Morgan fingerprint density at radius 3 is 2.04 bits per heavy atom. The summed E-state index contributed by atoms with van der Waals surface area (Å²) in [6, 6.07) is 13.4. The first-order valence-corrected chi connectivity index (χ1v) is 9.30. The molecule has 0 aliphatic heterocycles. The summed E-state index contributed by atoms with van der Waals surface area (Å²) in [6.07, 6.45) is 1.03. The molecule has 1 amide bonds. The normalized spacial score (nSPS) is 12.5. The van der Waals surface area contributed by atoms with Crippen LogP contribution in [-0.2, 0) is 14.8 Å². The average Bonchev–Trinajstić information content (AvgIpc) is 2.54. The molecule has 0 aromatic heterocycles. The van der Waals surface area contributed by atoms with Gasteiger partial charge in [0.15, 0.2) is 0 Å². The van der Waals surface area contributed by atoms with Gasteiger partial charge in [0.2, 0.25) is 5.91 Å². The van der Waals surface area contributed by atoms with Crippen molar-refractivity contribution in [3.8, 4) is 0 Å². The summed E-state index contributed by atoms with van der Waals surface area (Å²) in [5.41, 5.74) is 2.26. The molecule has 0 fully saturated rings. The molecule has 6 heteroatoms. The maximum absolute atomic E-state index is 12.4. The van der Waals surface area contributed by atoms with E-state index in [-0.39, 0.29) is 10.8 Å². The van der Waals surface area contributed by atoms with E-state index in [4.69, 9.17) is 0 Å². The molecule has 24 heavy (non-hydrogen) atoms. The van der Waals surface area contributed by atoms with Crippen molar-refractivity contribution in [2.45, 2.75) is 38.0 Å². The van der Waals surface area contributed by atoms with Gasteiger partial charge in [0, 0.05) is 18.3 Å². The minimum Gasteiger partial charge on any atom is -0.326 e. The summed E-state index contributed by atoms with van der Waals surface area (Å²) < 4.78 is 27.4. The minimum atomic E-state index is -3.66. The smallest absolute Gasteiger partial charge is 0.261 e. The van der Waals surface area contributed by atoms with Crippen molar-refractivity contribution in [1.82, 2.24) is 0 Å². The predicted molar refractivity (Wildman–Crippen MR) is 96.7 cm³/mol. The molecule has 2 aromatic carbocycles. The number of nitrogens with one attached hydrogen (secondary N) is 2. The number of hydrogen-bond donors (Lipinski definition) is 2. The molecule has 2 rings (SSSR count).